The highest BCUT2D eigenvalue weighted by molar-refractivity contribution is 6.22. The van der Waals surface area contributed by atoms with Crippen LogP contribution in [0.2, 0.25) is 0 Å². The Labute approximate surface area is 366 Å². The van der Waals surface area contributed by atoms with E-state index in [2.05, 4.69) is 231 Å². The summed E-state index contributed by atoms with van der Waals surface area (Å²) in [6.45, 7) is 0. The minimum Gasteiger partial charge on any atom is -0.0619 e. The molecule has 0 aliphatic heterocycles. The lowest BCUT2D eigenvalue weighted by Gasteiger charge is -2.31. The molecule has 0 saturated carbocycles. The molecule has 0 saturated heterocycles. The molecule has 290 valence electrons. The van der Waals surface area contributed by atoms with E-state index in [4.69, 9.17) is 0 Å². The SMILES string of the molecule is c1ccc2c(c1)-c1ccccc1C21c2ccc3ccccc3c2-c2ccc3cc(-c4c5ccccc5c(-c5ccc(-c6cccc7ccccc67)cc5)c5ccccc45)ccc3c21. The molecule has 14 rings (SSSR count). The van der Waals surface area contributed by atoms with Gasteiger partial charge in [0.1, 0.15) is 0 Å². The Morgan fingerprint density at radius 1 is 0.222 bits per heavy atom. The Morgan fingerprint density at radius 2 is 0.698 bits per heavy atom. The average molecular weight is 795 g/mol. The third-order valence-electron chi connectivity index (χ3n) is 14.4. The lowest BCUT2D eigenvalue weighted by Crippen LogP contribution is -2.26. The summed E-state index contributed by atoms with van der Waals surface area (Å²) in [6, 6.07) is 86.6. The van der Waals surface area contributed by atoms with E-state index in [0.717, 1.165) is 0 Å². The van der Waals surface area contributed by atoms with Crippen LogP contribution in [0.15, 0.2) is 231 Å². The van der Waals surface area contributed by atoms with Crippen LogP contribution in [-0.4, -0.2) is 0 Å². The zero-order valence-corrected chi connectivity index (χ0v) is 34.4. The molecule has 0 radical (unpaired) electrons. The number of fused-ring (bicyclic) bond motifs is 17. The summed E-state index contributed by atoms with van der Waals surface area (Å²) < 4.78 is 0. The number of benzene rings is 12. The van der Waals surface area contributed by atoms with Gasteiger partial charge in [0.25, 0.3) is 0 Å². The van der Waals surface area contributed by atoms with Crippen LogP contribution in [0.25, 0.3) is 109 Å². The van der Waals surface area contributed by atoms with Gasteiger partial charge in [0.2, 0.25) is 0 Å². The minimum atomic E-state index is -0.437. The van der Waals surface area contributed by atoms with E-state index in [1.54, 1.807) is 0 Å². The van der Waals surface area contributed by atoms with Crippen molar-refractivity contribution in [1.29, 1.82) is 0 Å². The maximum absolute atomic E-state index is 2.46. The molecule has 0 aromatic heterocycles. The zero-order valence-electron chi connectivity index (χ0n) is 34.4. The number of hydrogen-bond donors (Lipinski definition) is 0. The summed E-state index contributed by atoms with van der Waals surface area (Å²) in [5, 5.41) is 12.7. The summed E-state index contributed by atoms with van der Waals surface area (Å²) >= 11 is 0. The molecule has 2 aliphatic rings. The fourth-order valence-corrected chi connectivity index (χ4v) is 11.9. The Hall–Kier alpha value is -8.06. The van der Waals surface area contributed by atoms with Crippen LogP contribution < -0.4 is 0 Å². The number of rotatable bonds is 3. The van der Waals surface area contributed by atoms with Crippen molar-refractivity contribution < 1.29 is 0 Å². The second kappa shape index (κ2) is 13.0. The van der Waals surface area contributed by atoms with E-state index in [9.17, 15) is 0 Å². The van der Waals surface area contributed by atoms with Crippen LogP contribution in [0.4, 0.5) is 0 Å². The van der Waals surface area contributed by atoms with Crippen molar-refractivity contribution >= 4 is 53.9 Å². The lowest BCUT2D eigenvalue weighted by atomic mass is 9.69. The molecule has 2 aliphatic carbocycles. The molecule has 0 amide bonds. The third-order valence-corrected chi connectivity index (χ3v) is 14.4. The molecule has 0 atom stereocenters. The van der Waals surface area contributed by atoms with Gasteiger partial charge in [0.15, 0.2) is 0 Å². The molecule has 0 N–H and O–H groups in total. The first-order valence-corrected chi connectivity index (χ1v) is 22.1. The Bertz CT molecular complexity index is 3790. The molecule has 0 unspecified atom stereocenters. The van der Waals surface area contributed by atoms with Gasteiger partial charge in [0.05, 0.1) is 5.41 Å². The van der Waals surface area contributed by atoms with Crippen molar-refractivity contribution in [3.05, 3.63) is 253 Å². The van der Waals surface area contributed by atoms with Gasteiger partial charge in [-0.1, -0.05) is 224 Å². The Morgan fingerprint density at radius 3 is 1.37 bits per heavy atom. The molecule has 0 heteroatoms. The fraction of sp³-hybridized carbons (Fsp3) is 0.0159. The molecule has 0 heterocycles. The van der Waals surface area contributed by atoms with Gasteiger partial charge >= 0.3 is 0 Å². The highest BCUT2D eigenvalue weighted by Crippen LogP contribution is 2.65. The van der Waals surface area contributed by atoms with E-state index in [1.807, 2.05) is 0 Å². The van der Waals surface area contributed by atoms with Gasteiger partial charge < -0.3 is 0 Å². The van der Waals surface area contributed by atoms with Crippen molar-refractivity contribution in [2.75, 3.05) is 0 Å². The molecule has 1 spiro atoms. The third kappa shape index (κ3) is 4.65. The summed E-state index contributed by atoms with van der Waals surface area (Å²) in [5.41, 5.74) is 17.9. The summed E-state index contributed by atoms with van der Waals surface area (Å²) in [7, 11) is 0. The van der Waals surface area contributed by atoms with Crippen molar-refractivity contribution in [2.45, 2.75) is 5.41 Å². The smallest absolute Gasteiger partial charge is 0.0619 e. The van der Waals surface area contributed by atoms with Crippen LogP contribution in [0.1, 0.15) is 22.3 Å². The van der Waals surface area contributed by atoms with Gasteiger partial charge in [-0.3, -0.25) is 0 Å². The van der Waals surface area contributed by atoms with Crippen molar-refractivity contribution in [3.8, 4) is 55.6 Å². The largest absolute Gasteiger partial charge is 0.0731 e. The van der Waals surface area contributed by atoms with E-state index in [-0.39, 0.29) is 0 Å². The lowest BCUT2D eigenvalue weighted by molar-refractivity contribution is 0.802. The van der Waals surface area contributed by atoms with Crippen LogP contribution in [0.5, 0.6) is 0 Å². The predicted molar refractivity (Wildman–Crippen MR) is 267 cm³/mol. The monoisotopic (exact) mass is 794 g/mol. The van der Waals surface area contributed by atoms with Gasteiger partial charge in [-0.15, -0.1) is 0 Å². The second-order valence-corrected chi connectivity index (χ2v) is 17.4. The van der Waals surface area contributed by atoms with Gasteiger partial charge in [-0.25, -0.2) is 0 Å². The highest BCUT2D eigenvalue weighted by Gasteiger charge is 2.52. The Kier molecular flexibility index (Phi) is 7.13. The maximum Gasteiger partial charge on any atom is 0.0731 e. The van der Waals surface area contributed by atoms with Crippen LogP contribution >= 0.6 is 0 Å². The molecular formula is C63H38. The molecule has 0 bridgehead atoms. The van der Waals surface area contributed by atoms with Crippen LogP contribution in [0.3, 0.4) is 0 Å². The second-order valence-electron chi connectivity index (χ2n) is 17.4. The van der Waals surface area contributed by atoms with Crippen LogP contribution in [-0.2, 0) is 5.41 Å². The molecular weight excluding hydrogens is 757 g/mol. The van der Waals surface area contributed by atoms with E-state index >= 15 is 0 Å². The zero-order chi connectivity index (χ0) is 41.2. The fourth-order valence-electron chi connectivity index (χ4n) is 11.9. The minimum absolute atomic E-state index is 0.437. The van der Waals surface area contributed by atoms with Crippen molar-refractivity contribution in [1.82, 2.24) is 0 Å². The normalized spacial score (nSPS) is 13.2. The van der Waals surface area contributed by atoms with Gasteiger partial charge in [-0.05, 0) is 138 Å². The topological polar surface area (TPSA) is 0 Å². The van der Waals surface area contributed by atoms with Gasteiger partial charge in [-0.2, -0.15) is 0 Å². The molecule has 63 heavy (non-hydrogen) atoms. The standard InChI is InChI=1S/C63H38/c1-3-17-45-39(14-1)16-13-25-46(45)41-28-30-42(31-29-41)59-51-21-5-7-23-53(51)60(54-24-8-6-22-52(54)59)44-33-35-48-43(38-44)32-36-55-61-47-18-4-2-15-40(47)34-37-58(61)63(62(48)55)56-26-11-9-19-49(56)50-20-10-12-27-57(50)63/h1-38H. The van der Waals surface area contributed by atoms with E-state index in [1.165, 1.54) is 132 Å². The molecule has 0 nitrogen and oxygen atoms in total. The van der Waals surface area contributed by atoms with Crippen molar-refractivity contribution in [2.24, 2.45) is 0 Å². The number of hydrogen-bond acceptors (Lipinski definition) is 0. The van der Waals surface area contributed by atoms with E-state index < -0.39 is 5.41 Å². The summed E-state index contributed by atoms with van der Waals surface area (Å²) in [6.07, 6.45) is 0. The average Bonchev–Trinajstić information content (AvgIpc) is 3.83. The quantitative estimate of drug-likeness (QED) is 0.156. The highest BCUT2D eigenvalue weighted by atomic mass is 14.5. The molecule has 12 aromatic carbocycles. The molecule has 12 aromatic rings. The Balaban J connectivity index is 0.995. The van der Waals surface area contributed by atoms with Crippen LogP contribution in [0, 0.1) is 0 Å². The van der Waals surface area contributed by atoms with Crippen molar-refractivity contribution in [3.63, 3.8) is 0 Å². The first-order chi connectivity index (χ1) is 31.3. The summed E-state index contributed by atoms with van der Waals surface area (Å²) in [5.74, 6) is 0. The summed E-state index contributed by atoms with van der Waals surface area (Å²) in [4.78, 5) is 0. The first kappa shape index (κ1) is 34.6. The molecule has 0 fully saturated rings. The first-order valence-electron chi connectivity index (χ1n) is 22.1. The van der Waals surface area contributed by atoms with E-state index in [0.29, 0.717) is 0 Å². The maximum atomic E-state index is 2.46. The predicted octanol–water partition coefficient (Wildman–Crippen LogP) is 16.8. The van der Waals surface area contributed by atoms with Gasteiger partial charge in [0, 0.05) is 0 Å².